The van der Waals surface area contributed by atoms with E-state index in [0.29, 0.717) is 17.3 Å². The molecule has 0 aliphatic rings. The van der Waals surface area contributed by atoms with Crippen LogP contribution in [0.4, 0.5) is 10.1 Å². The Morgan fingerprint density at radius 1 is 0.897 bits per heavy atom. The summed E-state index contributed by atoms with van der Waals surface area (Å²) < 4.78 is 46.2. The lowest BCUT2D eigenvalue weighted by Crippen LogP contribution is -2.27. The lowest BCUT2D eigenvalue weighted by molar-refractivity contribution is 0.468. The van der Waals surface area contributed by atoms with E-state index in [0.717, 1.165) is 21.3 Å². The summed E-state index contributed by atoms with van der Waals surface area (Å²) in [6.07, 6.45) is 1.42. The van der Waals surface area contributed by atoms with E-state index < -0.39 is 15.8 Å². The van der Waals surface area contributed by atoms with E-state index in [9.17, 15) is 12.8 Å². The summed E-state index contributed by atoms with van der Waals surface area (Å²) in [6.45, 7) is 0. The number of halogens is 1. The highest BCUT2D eigenvalue weighted by Crippen LogP contribution is 2.29. The molecule has 0 aliphatic carbocycles. The SMILES string of the molecule is CN(c1ccc(Oc2ncnc3ccccc23)cc1)S(=O)(=O)c1ccccc1F. The van der Waals surface area contributed by atoms with Crippen LogP contribution in [0.25, 0.3) is 10.9 Å². The van der Waals surface area contributed by atoms with E-state index in [4.69, 9.17) is 4.74 Å². The molecule has 0 saturated heterocycles. The standard InChI is InChI=1S/C21H16FN3O3S/c1-25(29(26,27)20-9-5-3-7-18(20)22)15-10-12-16(13-11-15)28-21-17-6-2-4-8-19(17)23-14-24-21/h2-14H,1H3. The van der Waals surface area contributed by atoms with Crippen LogP contribution in [0.1, 0.15) is 0 Å². The van der Waals surface area contributed by atoms with Crippen molar-refractivity contribution in [2.24, 2.45) is 0 Å². The highest BCUT2D eigenvalue weighted by molar-refractivity contribution is 7.92. The average molecular weight is 409 g/mol. The maximum Gasteiger partial charge on any atom is 0.266 e. The van der Waals surface area contributed by atoms with E-state index in [1.807, 2.05) is 24.3 Å². The minimum atomic E-state index is -4.03. The molecule has 0 amide bonds. The Balaban J connectivity index is 1.60. The summed E-state index contributed by atoms with van der Waals surface area (Å²) in [6, 6.07) is 19.1. The van der Waals surface area contributed by atoms with Crippen LogP contribution in [0, 0.1) is 5.82 Å². The van der Waals surface area contributed by atoms with Crippen molar-refractivity contribution >= 4 is 26.6 Å². The fourth-order valence-corrected chi connectivity index (χ4v) is 4.10. The summed E-state index contributed by atoms with van der Waals surface area (Å²) in [5.74, 6) is 0.0833. The molecule has 1 heterocycles. The first-order valence-electron chi connectivity index (χ1n) is 8.68. The van der Waals surface area contributed by atoms with Gasteiger partial charge in [0.2, 0.25) is 5.88 Å². The van der Waals surface area contributed by atoms with Crippen molar-refractivity contribution in [3.8, 4) is 11.6 Å². The highest BCUT2D eigenvalue weighted by Gasteiger charge is 2.24. The Morgan fingerprint density at radius 2 is 1.59 bits per heavy atom. The second-order valence-electron chi connectivity index (χ2n) is 6.19. The second-order valence-corrected chi connectivity index (χ2v) is 8.13. The van der Waals surface area contributed by atoms with Crippen molar-refractivity contribution in [3.63, 3.8) is 0 Å². The smallest absolute Gasteiger partial charge is 0.266 e. The molecular formula is C21H16FN3O3S. The number of hydrogen-bond donors (Lipinski definition) is 0. The molecule has 0 saturated carbocycles. The van der Waals surface area contributed by atoms with Crippen LogP contribution in [0.2, 0.25) is 0 Å². The summed E-state index contributed by atoms with van der Waals surface area (Å²) in [5, 5.41) is 0.762. The molecule has 146 valence electrons. The fraction of sp³-hybridized carbons (Fsp3) is 0.0476. The van der Waals surface area contributed by atoms with Crippen LogP contribution in [0.15, 0.2) is 84.0 Å². The summed E-state index contributed by atoms with van der Waals surface area (Å²) >= 11 is 0. The molecule has 0 atom stereocenters. The van der Waals surface area contributed by atoms with Gasteiger partial charge < -0.3 is 4.74 Å². The number of ether oxygens (including phenoxy) is 1. The van der Waals surface area contributed by atoms with Gasteiger partial charge in [-0.3, -0.25) is 4.31 Å². The molecule has 4 aromatic rings. The zero-order valence-corrected chi connectivity index (χ0v) is 16.2. The van der Waals surface area contributed by atoms with Crippen LogP contribution in [-0.2, 0) is 10.0 Å². The van der Waals surface area contributed by atoms with E-state index in [2.05, 4.69) is 9.97 Å². The number of nitrogens with zero attached hydrogens (tertiary/aromatic N) is 3. The monoisotopic (exact) mass is 409 g/mol. The molecular weight excluding hydrogens is 393 g/mol. The van der Waals surface area contributed by atoms with Crippen LogP contribution < -0.4 is 9.04 Å². The molecule has 0 spiro atoms. The Morgan fingerprint density at radius 3 is 2.34 bits per heavy atom. The van der Waals surface area contributed by atoms with Gasteiger partial charge in [0.1, 0.15) is 22.8 Å². The average Bonchev–Trinajstić information content (AvgIpc) is 2.74. The Kier molecular flexibility index (Phi) is 4.85. The zero-order chi connectivity index (χ0) is 20.4. The zero-order valence-electron chi connectivity index (χ0n) is 15.4. The topological polar surface area (TPSA) is 72.4 Å². The molecule has 0 bridgehead atoms. The number of aromatic nitrogens is 2. The molecule has 8 heteroatoms. The van der Waals surface area contributed by atoms with Gasteiger partial charge in [-0.05, 0) is 48.5 Å². The first-order chi connectivity index (χ1) is 14.0. The van der Waals surface area contributed by atoms with Crippen molar-refractivity contribution < 1.29 is 17.5 Å². The molecule has 0 fully saturated rings. The van der Waals surface area contributed by atoms with Crippen LogP contribution in [0.3, 0.4) is 0 Å². The van der Waals surface area contributed by atoms with Gasteiger partial charge in [-0.1, -0.05) is 24.3 Å². The lowest BCUT2D eigenvalue weighted by atomic mass is 10.2. The summed E-state index contributed by atoms with van der Waals surface area (Å²) in [5.41, 5.74) is 1.12. The molecule has 29 heavy (non-hydrogen) atoms. The van der Waals surface area contributed by atoms with Crippen molar-refractivity contribution in [1.82, 2.24) is 9.97 Å². The first kappa shape index (κ1) is 18.8. The fourth-order valence-electron chi connectivity index (χ4n) is 2.84. The van der Waals surface area contributed by atoms with Crippen molar-refractivity contribution in [2.45, 2.75) is 4.90 Å². The minimum absolute atomic E-state index is 0.369. The third kappa shape index (κ3) is 3.62. The van der Waals surface area contributed by atoms with Gasteiger partial charge in [-0.25, -0.2) is 22.8 Å². The van der Waals surface area contributed by atoms with Gasteiger partial charge in [-0.2, -0.15) is 0 Å². The molecule has 3 aromatic carbocycles. The second kappa shape index (κ2) is 7.48. The van der Waals surface area contributed by atoms with E-state index in [1.165, 1.54) is 31.6 Å². The third-order valence-electron chi connectivity index (χ3n) is 4.40. The van der Waals surface area contributed by atoms with E-state index in [1.54, 1.807) is 24.3 Å². The Labute approximate surface area is 167 Å². The molecule has 0 radical (unpaired) electrons. The van der Waals surface area contributed by atoms with Gasteiger partial charge in [0.15, 0.2) is 0 Å². The number of hydrogen-bond acceptors (Lipinski definition) is 5. The number of anilines is 1. The lowest BCUT2D eigenvalue weighted by Gasteiger charge is -2.20. The molecule has 0 aliphatic heterocycles. The molecule has 6 nitrogen and oxygen atoms in total. The normalized spacial score (nSPS) is 11.4. The van der Waals surface area contributed by atoms with Crippen LogP contribution in [-0.4, -0.2) is 25.4 Å². The predicted octanol–water partition coefficient (Wildman–Crippen LogP) is 4.39. The third-order valence-corrected chi connectivity index (χ3v) is 6.22. The maximum atomic E-state index is 14.0. The Hall–Kier alpha value is -3.52. The van der Waals surface area contributed by atoms with Crippen molar-refractivity contribution in [1.29, 1.82) is 0 Å². The van der Waals surface area contributed by atoms with Gasteiger partial charge in [0.05, 0.1) is 16.6 Å². The predicted molar refractivity (Wildman–Crippen MR) is 108 cm³/mol. The number of para-hydroxylation sites is 1. The number of sulfonamides is 1. The number of benzene rings is 3. The number of fused-ring (bicyclic) bond motifs is 1. The van der Waals surface area contributed by atoms with Gasteiger partial charge >= 0.3 is 0 Å². The largest absolute Gasteiger partial charge is 0.438 e. The minimum Gasteiger partial charge on any atom is -0.438 e. The van der Waals surface area contributed by atoms with Gasteiger partial charge in [-0.15, -0.1) is 0 Å². The molecule has 0 N–H and O–H groups in total. The summed E-state index contributed by atoms with van der Waals surface area (Å²) in [4.78, 5) is 7.98. The Bertz CT molecular complexity index is 1270. The van der Waals surface area contributed by atoms with Crippen molar-refractivity contribution in [3.05, 3.63) is 84.9 Å². The molecule has 4 rings (SSSR count). The van der Waals surface area contributed by atoms with Gasteiger partial charge in [0.25, 0.3) is 10.0 Å². The van der Waals surface area contributed by atoms with Crippen molar-refractivity contribution in [2.75, 3.05) is 11.4 Å². The van der Waals surface area contributed by atoms with E-state index in [-0.39, 0.29) is 4.90 Å². The number of rotatable bonds is 5. The van der Waals surface area contributed by atoms with Gasteiger partial charge in [0, 0.05) is 7.05 Å². The maximum absolute atomic E-state index is 14.0. The summed E-state index contributed by atoms with van der Waals surface area (Å²) in [7, 11) is -2.66. The quantitative estimate of drug-likeness (QED) is 0.489. The highest BCUT2D eigenvalue weighted by atomic mass is 32.2. The van der Waals surface area contributed by atoms with E-state index >= 15 is 0 Å². The van der Waals surface area contributed by atoms with Crippen LogP contribution >= 0.6 is 0 Å². The van der Waals surface area contributed by atoms with Crippen LogP contribution in [0.5, 0.6) is 11.6 Å². The molecule has 1 aromatic heterocycles. The molecule has 0 unspecified atom stereocenters. The first-order valence-corrected chi connectivity index (χ1v) is 10.1.